The Labute approximate surface area is 194 Å². The minimum absolute atomic E-state index is 0.198. The van der Waals surface area contributed by atoms with Gasteiger partial charge in [0.25, 0.3) is 5.71 Å². The van der Waals surface area contributed by atoms with Crippen LogP contribution in [0.3, 0.4) is 0 Å². The molecule has 2 aromatic heterocycles. The van der Waals surface area contributed by atoms with E-state index in [1.54, 1.807) is 18.2 Å². The quantitative estimate of drug-likeness (QED) is 0.325. The minimum Gasteiger partial charge on any atom is -0.380 e. The van der Waals surface area contributed by atoms with Gasteiger partial charge in [0.1, 0.15) is 6.07 Å². The van der Waals surface area contributed by atoms with E-state index in [4.69, 9.17) is 10.3 Å². The SMILES string of the molecule is C=CC(=O)Nc1ccc(NC(=O)Nc2ccc(-c3cc(C)nc4onc(N)c34)cc2)cc1C#N. The molecule has 0 aliphatic heterocycles. The van der Waals surface area contributed by atoms with Gasteiger partial charge < -0.3 is 26.2 Å². The van der Waals surface area contributed by atoms with E-state index in [2.05, 4.69) is 32.7 Å². The maximum Gasteiger partial charge on any atom is 0.323 e. The van der Waals surface area contributed by atoms with E-state index in [1.165, 1.54) is 12.1 Å². The number of aromatic nitrogens is 2. The molecule has 0 spiro atoms. The number of urea groups is 1. The van der Waals surface area contributed by atoms with E-state index >= 15 is 0 Å². The Bertz CT molecular complexity index is 1470. The zero-order valence-electron chi connectivity index (χ0n) is 18.0. The van der Waals surface area contributed by atoms with E-state index < -0.39 is 11.9 Å². The van der Waals surface area contributed by atoms with Crippen LogP contribution < -0.4 is 21.7 Å². The Morgan fingerprint density at radius 1 is 1.09 bits per heavy atom. The molecule has 0 saturated heterocycles. The second kappa shape index (κ2) is 9.13. The standard InChI is InChI=1S/C24H19N7O3/c1-3-20(32)30-19-9-8-17(11-15(19)12-25)29-24(33)28-16-6-4-14(5-7-16)18-10-13(2)27-23-21(18)22(26)31-34-23/h3-11H,1H2,2H3,(H2,26,31)(H,30,32)(H2,28,29,33). The van der Waals surface area contributed by atoms with Crippen LogP contribution in [0.25, 0.3) is 22.2 Å². The van der Waals surface area contributed by atoms with Crippen LogP contribution in [-0.2, 0) is 4.79 Å². The largest absolute Gasteiger partial charge is 0.380 e. The molecule has 0 bridgehead atoms. The molecule has 2 heterocycles. The number of benzene rings is 2. The topological polar surface area (TPSA) is 159 Å². The summed E-state index contributed by atoms with van der Waals surface area (Å²) in [6.45, 7) is 5.22. The van der Waals surface area contributed by atoms with E-state index in [0.717, 1.165) is 22.9 Å². The van der Waals surface area contributed by atoms with Crippen molar-refractivity contribution in [1.29, 1.82) is 5.26 Å². The second-order valence-corrected chi connectivity index (χ2v) is 7.28. The van der Waals surface area contributed by atoms with Crippen molar-refractivity contribution in [2.75, 3.05) is 21.7 Å². The molecule has 5 N–H and O–H groups in total. The highest BCUT2D eigenvalue weighted by Crippen LogP contribution is 2.33. The zero-order valence-corrected chi connectivity index (χ0v) is 18.0. The van der Waals surface area contributed by atoms with Gasteiger partial charge in [-0.25, -0.2) is 9.78 Å². The van der Waals surface area contributed by atoms with Gasteiger partial charge in [0.05, 0.1) is 16.6 Å². The lowest BCUT2D eigenvalue weighted by Gasteiger charge is -2.11. The highest BCUT2D eigenvalue weighted by molar-refractivity contribution is 6.02. The molecule has 10 nitrogen and oxygen atoms in total. The molecule has 4 aromatic rings. The smallest absolute Gasteiger partial charge is 0.323 e. The lowest BCUT2D eigenvalue weighted by atomic mass is 10.0. The molecule has 34 heavy (non-hydrogen) atoms. The number of pyridine rings is 1. The number of hydrogen-bond donors (Lipinski definition) is 4. The average molecular weight is 453 g/mol. The fraction of sp³-hybridized carbons (Fsp3) is 0.0417. The average Bonchev–Trinajstić information content (AvgIpc) is 3.20. The van der Waals surface area contributed by atoms with Crippen molar-refractivity contribution >= 4 is 45.9 Å². The Balaban J connectivity index is 1.48. The molecule has 0 radical (unpaired) electrons. The Kier molecular flexibility index (Phi) is 5.92. The molecule has 0 unspecified atom stereocenters. The lowest BCUT2D eigenvalue weighted by molar-refractivity contribution is -0.111. The van der Waals surface area contributed by atoms with Crippen molar-refractivity contribution in [2.45, 2.75) is 6.92 Å². The van der Waals surface area contributed by atoms with Crippen LogP contribution in [0.2, 0.25) is 0 Å². The molecule has 4 rings (SSSR count). The number of aryl methyl sites for hydroxylation is 1. The van der Waals surface area contributed by atoms with E-state index in [-0.39, 0.29) is 11.4 Å². The van der Waals surface area contributed by atoms with Gasteiger partial charge in [-0.05, 0) is 55.0 Å². The first-order valence-electron chi connectivity index (χ1n) is 10.1. The summed E-state index contributed by atoms with van der Waals surface area (Å²) in [5.41, 5.74) is 10.2. The maximum absolute atomic E-state index is 12.4. The monoisotopic (exact) mass is 453 g/mol. The van der Waals surface area contributed by atoms with Crippen molar-refractivity contribution in [3.05, 3.63) is 72.4 Å². The summed E-state index contributed by atoms with van der Waals surface area (Å²) >= 11 is 0. The number of fused-ring (bicyclic) bond motifs is 1. The van der Waals surface area contributed by atoms with Crippen LogP contribution in [-0.4, -0.2) is 22.1 Å². The van der Waals surface area contributed by atoms with Gasteiger partial charge in [-0.2, -0.15) is 5.26 Å². The third kappa shape index (κ3) is 4.53. The van der Waals surface area contributed by atoms with Crippen molar-refractivity contribution in [3.63, 3.8) is 0 Å². The maximum atomic E-state index is 12.4. The number of nitrogens with one attached hydrogen (secondary N) is 3. The minimum atomic E-state index is -0.495. The number of rotatable bonds is 5. The van der Waals surface area contributed by atoms with Gasteiger partial charge in [0.15, 0.2) is 5.82 Å². The highest BCUT2D eigenvalue weighted by atomic mass is 16.5. The molecule has 168 valence electrons. The summed E-state index contributed by atoms with van der Waals surface area (Å²) in [6, 6.07) is 15.1. The summed E-state index contributed by atoms with van der Waals surface area (Å²) in [7, 11) is 0. The van der Waals surface area contributed by atoms with Crippen molar-refractivity contribution in [2.24, 2.45) is 0 Å². The molecular weight excluding hydrogens is 434 g/mol. The van der Waals surface area contributed by atoms with Gasteiger partial charge >= 0.3 is 6.03 Å². The first kappa shape index (κ1) is 22.0. The predicted molar refractivity (Wildman–Crippen MR) is 129 cm³/mol. The highest BCUT2D eigenvalue weighted by Gasteiger charge is 2.15. The number of nitrogen functional groups attached to an aromatic ring is 1. The third-order valence-corrected chi connectivity index (χ3v) is 4.90. The summed E-state index contributed by atoms with van der Waals surface area (Å²) in [6.07, 6.45) is 1.10. The van der Waals surface area contributed by atoms with Crippen molar-refractivity contribution in [1.82, 2.24) is 10.1 Å². The van der Waals surface area contributed by atoms with E-state index in [9.17, 15) is 14.9 Å². The number of carbonyl (C=O) groups excluding carboxylic acids is 2. The zero-order chi connectivity index (χ0) is 24.2. The molecule has 10 heteroatoms. The van der Waals surface area contributed by atoms with Crippen LogP contribution in [0.4, 0.5) is 27.7 Å². The van der Waals surface area contributed by atoms with Crippen molar-refractivity contribution in [3.8, 4) is 17.2 Å². The summed E-state index contributed by atoms with van der Waals surface area (Å²) < 4.78 is 5.18. The van der Waals surface area contributed by atoms with Gasteiger partial charge in [-0.1, -0.05) is 23.9 Å². The van der Waals surface area contributed by atoms with E-state index in [1.807, 2.05) is 31.2 Å². The molecule has 0 saturated carbocycles. The van der Waals surface area contributed by atoms with E-state index in [0.29, 0.717) is 28.2 Å². The summed E-state index contributed by atoms with van der Waals surface area (Å²) in [4.78, 5) is 28.2. The molecule has 0 fully saturated rings. The predicted octanol–water partition coefficient (Wildman–Crippen LogP) is 4.42. The van der Waals surface area contributed by atoms with Crippen LogP contribution >= 0.6 is 0 Å². The number of nitrogens with zero attached hydrogens (tertiary/aromatic N) is 3. The van der Waals surface area contributed by atoms with Crippen LogP contribution in [0.1, 0.15) is 11.3 Å². The third-order valence-electron chi connectivity index (χ3n) is 4.90. The Hall–Kier alpha value is -5.17. The number of amides is 3. The number of hydrogen-bond acceptors (Lipinski definition) is 7. The molecule has 2 aromatic carbocycles. The van der Waals surface area contributed by atoms with Crippen LogP contribution in [0.15, 0.2) is 65.7 Å². The molecular formula is C24H19N7O3. The number of nitrogens with two attached hydrogens (primary N) is 1. The number of anilines is 4. The van der Waals surface area contributed by atoms with Crippen LogP contribution in [0.5, 0.6) is 0 Å². The van der Waals surface area contributed by atoms with Crippen molar-refractivity contribution < 1.29 is 14.1 Å². The summed E-state index contributed by atoms with van der Waals surface area (Å²) in [5, 5.41) is 21.7. The Morgan fingerprint density at radius 2 is 1.79 bits per heavy atom. The fourth-order valence-electron chi connectivity index (χ4n) is 3.36. The number of carbonyl (C=O) groups is 2. The molecule has 0 atom stereocenters. The molecule has 0 aliphatic carbocycles. The molecule has 0 aliphatic rings. The summed E-state index contributed by atoms with van der Waals surface area (Å²) in [5.74, 6) is -0.182. The first-order valence-corrected chi connectivity index (χ1v) is 10.1. The van der Waals surface area contributed by atoms with Gasteiger partial charge in [0, 0.05) is 22.6 Å². The first-order chi connectivity index (χ1) is 16.4. The second-order valence-electron chi connectivity index (χ2n) is 7.28. The fourth-order valence-corrected chi connectivity index (χ4v) is 3.36. The van der Waals surface area contributed by atoms with Gasteiger partial charge in [-0.3, -0.25) is 4.79 Å². The lowest BCUT2D eigenvalue weighted by Crippen LogP contribution is -2.19. The number of nitriles is 1. The normalized spacial score (nSPS) is 10.4. The Morgan fingerprint density at radius 3 is 2.50 bits per heavy atom. The van der Waals surface area contributed by atoms with Gasteiger partial charge in [-0.15, -0.1) is 0 Å². The molecule has 3 amide bonds. The van der Waals surface area contributed by atoms with Crippen LogP contribution in [0, 0.1) is 18.3 Å². The van der Waals surface area contributed by atoms with Gasteiger partial charge in [0.2, 0.25) is 5.91 Å².